The van der Waals surface area contributed by atoms with Crippen LogP contribution in [0.2, 0.25) is 0 Å². The first-order valence-corrected chi connectivity index (χ1v) is 6.77. The van der Waals surface area contributed by atoms with Crippen molar-refractivity contribution in [3.05, 3.63) is 29.6 Å². The number of rotatable bonds is 2. The van der Waals surface area contributed by atoms with Crippen molar-refractivity contribution >= 4 is 11.9 Å². The summed E-state index contributed by atoms with van der Waals surface area (Å²) in [5.74, 6) is -0.573. The number of piperazine rings is 1. The first kappa shape index (κ1) is 13.7. The number of ether oxygens (including phenoxy) is 1. The minimum absolute atomic E-state index is 0.0292. The highest BCUT2D eigenvalue weighted by atomic mass is 19.1. The molecule has 1 aromatic rings. The summed E-state index contributed by atoms with van der Waals surface area (Å²) in [6.07, 6.45) is 0. The third kappa shape index (κ3) is 2.39. The van der Waals surface area contributed by atoms with Gasteiger partial charge >= 0.3 is 6.03 Å². The molecule has 2 saturated heterocycles. The molecule has 0 saturated carbocycles. The van der Waals surface area contributed by atoms with Gasteiger partial charge in [-0.2, -0.15) is 0 Å². The molecular weight excluding hydrogens is 277 g/mol. The molecule has 0 spiro atoms. The molecule has 0 radical (unpaired) electrons. The second kappa shape index (κ2) is 5.23. The van der Waals surface area contributed by atoms with Crippen molar-refractivity contribution in [3.63, 3.8) is 0 Å². The minimum atomic E-state index is -0.595. The largest absolute Gasteiger partial charge is 0.497 e. The Hall–Kier alpha value is -2.31. The molecular formula is C14H16FN3O3. The zero-order chi connectivity index (χ0) is 15.0. The molecule has 6 nitrogen and oxygen atoms in total. The Morgan fingerprint density at radius 3 is 2.95 bits per heavy atom. The zero-order valence-corrected chi connectivity index (χ0v) is 11.6. The van der Waals surface area contributed by atoms with Crippen LogP contribution in [0.25, 0.3) is 0 Å². The fourth-order valence-corrected chi connectivity index (χ4v) is 2.76. The summed E-state index contributed by atoms with van der Waals surface area (Å²) < 4.78 is 18.9. The lowest BCUT2D eigenvalue weighted by Gasteiger charge is -2.36. The van der Waals surface area contributed by atoms with Crippen molar-refractivity contribution in [1.29, 1.82) is 0 Å². The van der Waals surface area contributed by atoms with Gasteiger partial charge in [0.15, 0.2) is 0 Å². The van der Waals surface area contributed by atoms with Gasteiger partial charge in [-0.25, -0.2) is 9.18 Å². The summed E-state index contributed by atoms with van der Waals surface area (Å²) in [4.78, 5) is 27.2. The van der Waals surface area contributed by atoms with Gasteiger partial charge in [0, 0.05) is 32.2 Å². The number of methoxy groups -OCH3 is 1. The van der Waals surface area contributed by atoms with Crippen LogP contribution in [0.1, 0.15) is 10.4 Å². The summed E-state index contributed by atoms with van der Waals surface area (Å²) in [6, 6.07) is 4.07. The molecule has 7 heteroatoms. The van der Waals surface area contributed by atoms with Crippen LogP contribution in [-0.2, 0) is 0 Å². The molecule has 1 unspecified atom stereocenters. The Kier molecular flexibility index (Phi) is 3.40. The molecule has 1 N–H and O–H groups in total. The lowest BCUT2D eigenvalue weighted by atomic mass is 10.1. The van der Waals surface area contributed by atoms with Crippen LogP contribution in [0.3, 0.4) is 0 Å². The van der Waals surface area contributed by atoms with E-state index in [9.17, 15) is 14.0 Å². The number of amides is 3. The average Bonchev–Trinajstić information content (AvgIpc) is 2.87. The van der Waals surface area contributed by atoms with Gasteiger partial charge in [0.25, 0.3) is 5.91 Å². The second-order valence-electron chi connectivity index (χ2n) is 5.13. The molecule has 0 aliphatic carbocycles. The van der Waals surface area contributed by atoms with E-state index in [0.29, 0.717) is 31.9 Å². The van der Waals surface area contributed by atoms with Crippen LogP contribution >= 0.6 is 0 Å². The fourth-order valence-electron chi connectivity index (χ4n) is 2.76. The van der Waals surface area contributed by atoms with Crippen molar-refractivity contribution in [2.24, 2.45) is 0 Å². The van der Waals surface area contributed by atoms with Gasteiger partial charge in [-0.15, -0.1) is 0 Å². The van der Waals surface area contributed by atoms with E-state index in [1.165, 1.54) is 19.2 Å². The standard InChI is InChI=1S/C14H16FN3O3/c1-21-10-2-3-11(12(15)6-10)13(19)17-4-5-18-9(8-17)7-16-14(18)20/h2-3,6,9H,4-5,7-8H2,1H3,(H,16,20). The third-order valence-electron chi connectivity index (χ3n) is 3.93. The van der Waals surface area contributed by atoms with Gasteiger partial charge in [-0.1, -0.05) is 0 Å². The Morgan fingerprint density at radius 2 is 2.24 bits per heavy atom. The first-order chi connectivity index (χ1) is 10.1. The number of fused-ring (bicyclic) bond motifs is 1. The predicted octanol–water partition coefficient (Wildman–Crippen LogP) is 0.684. The Bertz CT molecular complexity index is 593. The normalized spacial score (nSPS) is 21.0. The molecule has 2 heterocycles. The SMILES string of the molecule is COc1ccc(C(=O)N2CCN3C(=O)NCC3C2)c(F)c1. The summed E-state index contributed by atoms with van der Waals surface area (Å²) in [5, 5.41) is 2.75. The number of benzene rings is 1. The molecule has 3 rings (SSSR count). The highest BCUT2D eigenvalue weighted by molar-refractivity contribution is 5.95. The number of halogens is 1. The van der Waals surface area contributed by atoms with E-state index >= 15 is 0 Å². The maximum Gasteiger partial charge on any atom is 0.317 e. The first-order valence-electron chi connectivity index (χ1n) is 6.77. The van der Waals surface area contributed by atoms with E-state index in [-0.39, 0.29) is 23.5 Å². The van der Waals surface area contributed by atoms with Crippen molar-refractivity contribution in [1.82, 2.24) is 15.1 Å². The Labute approximate surface area is 121 Å². The molecule has 112 valence electrons. The number of hydrogen-bond acceptors (Lipinski definition) is 3. The Balaban J connectivity index is 1.75. The summed E-state index contributed by atoms with van der Waals surface area (Å²) in [6.45, 7) is 1.82. The molecule has 0 bridgehead atoms. The van der Waals surface area contributed by atoms with E-state index < -0.39 is 5.82 Å². The van der Waals surface area contributed by atoms with Crippen molar-refractivity contribution in [3.8, 4) is 5.75 Å². The highest BCUT2D eigenvalue weighted by Gasteiger charge is 2.37. The van der Waals surface area contributed by atoms with Gasteiger partial charge in [0.2, 0.25) is 0 Å². The van der Waals surface area contributed by atoms with Crippen LogP contribution in [-0.4, -0.2) is 61.1 Å². The van der Waals surface area contributed by atoms with Gasteiger partial charge in [0.1, 0.15) is 11.6 Å². The van der Waals surface area contributed by atoms with Gasteiger partial charge < -0.3 is 19.9 Å². The number of nitrogens with zero attached hydrogens (tertiary/aromatic N) is 2. The van der Waals surface area contributed by atoms with Gasteiger partial charge in [-0.3, -0.25) is 4.79 Å². The quantitative estimate of drug-likeness (QED) is 0.872. The highest BCUT2D eigenvalue weighted by Crippen LogP contribution is 2.20. The average molecular weight is 293 g/mol. The van der Waals surface area contributed by atoms with E-state index in [1.807, 2.05) is 0 Å². The van der Waals surface area contributed by atoms with Crippen molar-refractivity contribution < 1.29 is 18.7 Å². The van der Waals surface area contributed by atoms with Crippen molar-refractivity contribution in [2.45, 2.75) is 6.04 Å². The molecule has 2 aliphatic heterocycles. The Morgan fingerprint density at radius 1 is 1.43 bits per heavy atom. The molecule has 0 aromatic heterocycles. The van der Waals surface area contributed by atoms with Gasteiger partial charge in [-0.05, 0) is 12.1 Å². The van der Waals surface area contributed by atoms with Gasteiger partial charge in [0.05, 0.1) is 18.7 Å². The van der Waals surface area contributed by atoms with E-state index in [1.54, 1.807) is 15.9 Å². The molecule has 3 amide bonds. The van der Waals surface area contributed by atoms with Crippen LogP contribution < -0.4 is 10.1 Å². The van der Waals surface area contributed by atoms with E-state index in [0.717, 1.165) is 0 Å². The van der Waals surface area contributed by atoms with Crippen LogP contribution in [0, 0.1) is 5.82 Å². The third-order valence-corrected chi connectivity index (χ3v) is 3.93. The minimum Gasteiger partial charge on any atom is -0.497 e. The van der Waals surface area contributed by atoms with Crippen LogP contribution in [0.15, 0.2) is 18.2 Å². The lowest BCUT2D eigenvalue weighted by Crippen LogP contribution is -2.53. The van der Waals surface area contributed by atoms with Crippen LogP contribution in [0.5, 0.6) is 5.75 Å². The van der Waals surface area contributed by atoms with Crippen molar-refractivity contribution in [2.75, 3.05) is 33.3 Å². The number of urea groups is 1. The number of nitrogens with one attached hydrogen (secondary N) is 1. The number of hydrogen-bond donors (Lipinski definition) is 1. The molecule has 2 aliphatic rings. The number of carbonyl (C=O) groups is 2. The maximum atomic E-state index is 14.0. The second-order valence-corrected chi connectivity index (χ2v) is 5.13. The summed E-state index contributed by atoms with van der Waals surface area (Å²) in [5.41, 5.74) is 0.0292. The zero-order valence-electron chi connectivity index (χ0n) is 11.6. The molecule has 21 heavy (non-hydrogen) atoms. The predicted molar refractivity (Wildman–Crippen MR) is 72.7 cm³/mol. The maximum absolute atomic E-state index is 14.0. The lowest BCUT2D eigenvalue weighted by molar-refractivity contribution is 0.0612. The number of carbonyl (C=O) groups excluding carboxylic acids is 2. The smallest absolute Gasteiger partial charge is 0.317 e. The van der Waals surface area contributed by atoms with E-state index in [2.05, 4.69) is 5.32 Å². The van der Waals surface area contributed by atoms with E-state index in [4.69, 9.17) is 4.74 Å². The summed E-state index contributed by atoms with van der Waals surface area (Å²) >= 11 is 0. The summed E-state index contributed by atoms with van der Waals surface area (Å²) in [7, 11) is 1.44. The molecule has 1 atom stereocenters. The molecule has 1 aromatic carbocycles. The topological polar surface area (TPSA) is 61.9 Å². The monoisotopic (exact) mass is 293 g/mol. The fraction of sp³-hybridized carbons (Fsp3) is 0.429. The van der Waals surface area contributed by atoms with Crippen LogP contribution in [0.4, 0.5) is 9.18 Å². The molecule has 2 fully saturated rings.